The lowest BCUT2D eigenvalue weighted by molar-refractivity contribution is -0.162. The van der Waals surface area contributed by atoms with E-state index in [9.17, 15) is 31.1 Å². The molecule has 0 saturated carbocycles. The zero-order valence-electron chi connectivity index (χ0n) is 9.18. The van der Waals surface area contributed by atoms with Crippen LogP contribution in [0.15, 0.2) is 12.1 Å². The minimum Gasteiger partial charge on any atom is -0.479 e. The van der Waals surface area contributed by atoms with E-state index in [4.69, 9.17) is 10.2 Å². The van der Waals surface area contributed by atoms with Crippen LogP contribution >= 0.6 is 22.6 Å². The standard InChI is InChI=1S/C10H5F6IO3/c11-9(12,13)4-1-3(7(18)8(19)20)2-5(17)6(4)10(14,15)16/h1-2,7,18H,(H,19,20). The van der Waals surface area contributed by atoms with Crippen LogP contribution < -0.4 is 0 Å². The number of hydrogen-bond acceptors (Lipinski definition) is 2. The molecule has 0 aromatic heterocycles. The van der Waals surface area contributed by atoms with Crippen molar-refractivity contribution in [3.63, 3.8) is 0 Å². The molecule has 0 heterocycles. The predicted molar refractivity (Wildman–Crippen MR) is 61.8 cm³/mol. The van der Waals surface area contributed by atoms with Gasteiger partial charge in [0.1, 0.15) is 0 Å². The second-order valence-electron chi connectivity index (χ2n) is 3.66. The van der Waals surface area contributed by atoms with Gasteiger partial charge in [-0.05, 0) is 40.3 Å². The van der Waals surface area contributed by atoms with Gasteiger partial charge in [-0.25, -0.2) is 4.79 Å². The van der Waals surface area contributed by atoms with Crippen molar-refractivity contribution in [2.24, 2.45) is 0 Å². The molecule has 1 atom stereocenters. The molecule has 0 aliphatic carbocycles. The number of aliphatic hydroxyl groups is 1. The van der Waals surface area contributed by atoms with Crippen molar-refractivity contribution >= 4 is 28.6 Å². The van der Waals surface area contributed by atoms with Gasteiger partial charge in [0.25, 0.3) is 0 Å². The molecule has 0 amide bonds. The number of carboxylic acids is 1. The lowest BCUT2D eigenvalue weighted by atomic mass is 10.00. The van der Waals surface area contributed by atoms with Gasteiger partial charge in [0, 0.05) is 3.57 Å². The summed E-state index contributed by atoms with van der Waals surface area (Å²) >= 11 is 1.01. The molecule has 0 spiro atoms. The van der Waals surface area contributed by atoms with Crippen LogP contribution in [0.5, 0.6) is 0 Å². The van der Waals surface area contributed by atoms with Crippen molar-refractivity contribution in [2.75, 3.05) is 0 Å². The van der Waals surface area contributed by atoms with Gasteiger partial charge in [0.2, 0.25) is 0 Å². The number of aliphatic hydroxyl groups excluding tert-OH is 1. The van der Waals surface area contributed by atoms with Crippen molar-refractivity contribution in [1.82, 2.24) is 0 Å². The van der Waals surface area contributed by atoms with E-state index in [1.807, 2.05) is 0 Å². The van der Waals surface area contributed by atoms with E-state index in [0.717, 1.165) is 22.6 Å². The van der Waals surface area contributed by atoms with Gasteiger partial charge >= 0.3 is 18.3 Å². The van der Waals surface area contributed by atoms with Crippen molar-refractivity contribution in [3.05, 3.63) is 32.4 Å². The molecule has 0 aliphatic rings. The van der Waals surface area contributed by atoms with Crippen LogP contribution in [0.2, 0.25) is 0 Å². The maximum Gasteiger partial charge on any atom is 0.418 e. The number of aliphatic carboxylic acids is 1. The summed E-state index contributed by atoms with van der Waals surface area (Å²) in [6.07, 6.45) is -12.9. The molecular weight excluding hydrogens is 409 g/mol. The van der Waals surface area contributed by atoms with E-state index in [1.54, 1.807) is 0 Å². The molecule has 0 bridgehead atoms. The molecule has 1 aromatic carbocycles. The maximum absolute atomic E-state index is 12.7. The quantitative estimate of drug-likeness (QED) is 0.576. The number of rotatable bonds is 2. The summed E-state index contributed by atoms with van der Waals surface area (Å²) in [4.78, 5) is 10.5. The molecule has 3 nitrogen and oxygen atoms in total. The normalized spacial score (nSPS) is 14.2. The van der Waals surface area contributed by atoms with Gasteiger partial charge in [0.15, 0.2) is 6.10 Å². The van der Waals surface area contributed by atoms with Gasteiger partial charge in [-0.2, -0.15) is 26.3 Å². The van der Waals surface area contributed by atoms with Crippen LogP contribution in [0.1, 0.15) is 22.8 Å². The second-order valence-corrected chi connectivity index (χ2v) is 4.82. The number of carboxylic acid groups (broad SMARTS) is 1. The van der Waals surface area contributed by atoms with E-state index >= 15 is 0 Å². The predicted octanol–water partition coefficient (Wildman–Crippen LogP) is 3.45. The van der Waals surface area contributed by atoms with Gasteiger partial charge in [-0.3, -0.25) is 0 Å². The smallest absolute Gasteiger partial charge is 0.418 e. The van der Waals surface area contributed by atoms with Gasteiger partial charge < -0.3 is 10.2 Å². The summed E-state index contributed by atoms with van der Waals surface area (Å²) < 4.78 is 75.1. The van der Waals surface area contributed by atoms with Gasteiger partial charge in [0.05, 0.1) is 11.1 Å². The lowest BCUT2D eigenvalue weighted by Crippen LogP contribution is -2.20. The summed E-state index contributed by atoms with van der Waals surface area (Å²) in [6, 6.07) is 0.543. The first-order valence-corrected chi connectivity index (χ1v) is 5.82. The molecule has 0 aliphatic heterocycles. The Hall–Kier alpha value is -1.04. The number of carbonyl (C=O) groups is 1. The number of benzene rings is 1. The molecule has 1 aromatic rings. The zero-order valence-corrected chi connectivity index (χ0v) is 11.3. The minimum absolute atomic E-state index is 0.0101. The topological polar surface area (TPSA) is 57.5 Å². The van der Waals surface area contributed by atoms with Crippen molar-refractivity contribution < 1.29 is 41.4 Å². The Balaban J connectivity index is 3.62. The van der Waals surface area contributed by atoms with E-state index in [1.165, 1.54) is 0 Å². The number of halogens is 7. The highest BCUT2D eigenvalue weighted by atomic mass is 127. The van der Waals surface area contributed by atoms with Gasteiger partial charge in [-0.1, -0.05) is 0 Å². The molecule has 1 unspecified atom stereocenters. The first kappa shape index (κ1) is 17.0. The second kappa shape index (κ2) is 5.39. The Kier molecular flexibility index (Phi) is 4.58. The Morgan fingerprint density at radius 3 is 1.95 bits per heavy atom. The average Bonchev–Trinajstić information content (AvgIpc) is 2.23. The van der Waals surface area contributed by atoms with Gasteiger partial charge in [-0.15, -0.1) is 0 Å². The van der Waals surface area contributed by atoms with E-state index in [0.29, 0.717) is 6.07 Å². The van der Waals surface area contributed by atoms with E-state index in [-0.39, 0.29) is 6.07 Å². The highest BCUT2D eigenvalue weighted by Gasteiger charge is 2.45. The SMILES string of the molecule is O=C(O)C(O)c1cc(I)c(C(F)(F)F)c(C(F)(F)F)c1. The molecule has 0 radical (unpaired) electrons. The van der Waals surface area contributed by atoms with E-state index in [2.05, 4.69) is 0 Å². The van der Waals surface area contributed by atoms with Crippen LogP contribution in [0, 0.1) is 3.57 Å². The molecule has 10 heteroatoms. The van der Waals surface area contributed by atoms with E-state index < -0.39 is 44.7 Å². The maximum atomic E-state index is 12.7. The third-order valence-corrected chi connectivity index (χ3v) is 3.10. The molecule has 0 saturated heterocycles. The molecule has 2 N–H and O–H groups in total. The first-order valence-electron chi connectivity index (χ1n) is 4.74. The summed E-state index contributed by atoms with van der Waals surface area (Å²) in [5.41, 5.74) is -4.72. The van der Waals surface area contributed by atoms with Crippen LogP contribution in [0.3, 0.4) is 0 Å². The Morgan fingerprint density at radius 1 is 1.10 bits per heavy atom. The summed E-state index contributed by atoms with van der Waals surface area (Å²) in [7, 11) is 0. The first-order chi connectivity index (χ1) is 8.85. The number of alkyl halides is 6. The van der Waals surface area contributed by atoms with Crippen molar-refractivity contribution in [2.45, 2.75) is 18.5 Å². The monoisotopic (exact) mass is 414 g/mol. The third-order valence-electron chi connectivity index (χ3n) is 2.25. The Morgan fingerprint density at radius 2 is 1.60 bits per heavy atom. The molecule has 1 rings (SSSR count). The fourth-order valence-electron chi connectivity index (χ4n) is 1.44. The summed E-state index contributed by atoms with van der Waals surface area (Å²) in [5, 5.41) is 17.6. The zero-order chi connectivity index (χ0) is 15.9. The largest absolute Gasteiger partial charge is 0.479 e. The third kappa shape index (κ3) is 3.53. The Bertz CT molecular complexity index is 537. The molecule has 0 fully saturated rings. The molecule has 112 valence electrons. The molecular formula is C10H5F6IO3. The Labute approximate surface area is 121 Å². The lowest BCUT2D eigenvalue weighted by Gasteiger charge is -2.19. The highest BCUT2D eigenvalue weighted by molar-refractivity contribution is 14.1. The number of hydrogen-bond donors (Lipinski definition) is 2. The van der Waals surface area contributed by atoms with Crippen LogP contribution in [-0.4, -0.2) is 16.2 Å². The van der Waals surface area contributed by atoms with Crippen LogP contribution in [0.4, 0.5) is 26.3 Å². The average molecular weight is 414 g/mol. The van der Waals surface area contributed by atoms with Crippen molar-refractivity contribution in [3.8, 4) is 0 Å². The highest BCUT2D eigenvalue weighted by Crippen LogP contribution is 2.43. The summed E-state index contributed by atoms with van der Waals surface area (Å²) in [5.74, 6) is -1.87. The molecule has 20 heavy (non-hydrogen) atoms. The fourth-order valence-corrected chi connectivity index (χ4v) is 2.40. The van der Waals surface area contributed by atoms with Crippen LogP contribution in [0.25, 0.3) is 0 Å². The fraction of sp³-hybridized carbons (Fsp3) is 0.300. The van der Waals surface area contributed by atoms with Crippen LogP contribution in [-0.2, 0) is 17.1 Å². The van der Waals surface area contributed by atoms with Crippen molar-refractivity contribution in [1.29, 1.82) is 0 Å². The summed E-state index contributed by atoms with van der Waals surface area (Å²) in [6.45, 7) is 0. The minimum atomic E-state index is -5.33.